The highest BCUT2D eigenvalue weighted by Gasteiger charge is 2.28. The molecule has 1 fully saturated rings. The van der Waals surface area contributed by atoms with Crippen molar-refractivity contribution in [3.63, 3.8) is 0 Å². The fourth-order valence-corrected chi connectivity index (χ4v) is 1.84. The van der Waals surface area contributed by atoms with E-state index in [1.165, 1.54) is 6.20 Å². The first kappa shape index (κ1) is 9.83. The molecule has 1 unspecified atom stereocenters. The van der Waals surface area contributed by atoms with Gasteiger partial charge in [-0.2, -0.15) is 0 Å². The van der Waals surface area contributed by atoms with Crippen LogP contribution in [0.3, 0.4) is 0 Å². The van der Waals surface area contributed by atoms with Crippen molar-refractivity contribution in [2.24, 2.45) is 0 Å². The maximum Gasteiger partial charge on any atom is 0.256 e. The summed E-state index contributed by atoms with van der Waals surface area (Å²) in [5.41, 5.74) is 0.547. The molecule has 78 valence electrons. The van der Waals surface area contributed by atoms with E-state index in [1.54, 1.807) is 23.2 Å². The fourth-order valence-electron chi connectivity index (χ4n) is 1.84. The zero-order valence-corrected chi connectivity index (χ0v) is 8.30. The number of pyridine rings is 1. The van der Waals surface area contributed by atoms with E-state index in [-0.39, 0.29) is 11.9 Å². The standard InChI is InChI=1S/C11H12N2O2/c14-8-10-4-2-6-13(10)11(15)9-3-1-5-12-7-9/h1,3,5,7-8,10H,2,4,6H2. The van der Waals surface area contributed by atoms with Gasteiger partial charge in [-0.25, -0.2) is 0 Å². The minimum Gasteiger partial charge on any atom is -0.329 e. The van der Waals surface area contributed by atoms with Crippen LogP contribution < -0.4 is 0 Å². The Balaban J connectivity index is 2.18. The summed E-state index contributed by atoms with van der Waals surface area (Å²) in [4.78, 5) is 28.2. The van der Waals surface area contributed by atoms with Crippen molar-refractivity contribution in [1.82, 2.24) is 9.88 Å². The maximum atomic E-state index is 11.9. The summed E-state index contributed by atoms with van der Waals surface area (Å²) in [6.07, 6.45) is 5.67. The largest absolute Gasteiger partial charge is 0.329 e. The molecule has 1 aromatic heterocycles. The van der Waals surface area contributed by atoms with Crippen LogP contribution in [0.2, 0.25) is 0 Å². The van der Waals surface area contributed by atoms with E-state index in [1.807, 2.05) is 0 Å². The average Bonchev–Trinajstić information content (AvgIpc) is 2.77. The molecule has 4 nitrogen and oxygen atoms in total. The molecule has 0 aromatic carbocycles. The number of hydrogen-bond donors (Lipinski definition) is 0. The van der Waals surface area contributed by atoms with Crippen molar-refractivity contribution < 1.29 is 9.59 Å². The molecule has 1 aliphatic heterocycles. The first-order valence-corrected chi connectivity index (χ1v) is 4.99. The van der Waals surface area contributed by atoms with Crippen molar-refractivity contribution in [2.45, 2.75) is 18.9 Å². The van der Waals surface area contributed by atoms with Gasteiger partial charge in [0.05, 0.1) is 11.6 Å². The van der Waals surface area contributed by atoms with Gasteiger partial charge in [-0.15, -0.1) is 0 Å². The predicted octanol–water partition coefficient (Wildman–Crippen LogP) is 0.885. The summed E-state index contributed by atoms with van der Waals surface area (Å²) < 4.78 is 0. The first-order valence-electron chi connectivity index (χ1n) is 4.99. The van der Waals surface area contributed by atoms with Crippen LogP contribution in [-0.4, -0.2) is 34.7 Å². The van der Waals surface area contributed by atoms with Crippen LogP contribution in [0.25, 0.3) is 0 Å². The Kier molecular flexibility index (Phi) is 2.76. The molecule has 0 spiro atoms. The molecule has 2 rings (SSSR count). The Morgan fingerprint density at radius 2 is 2.47 bits per heavy atom. The van der Waals surface area contributed by atoms with Gasteiger partial charge in [0, 0.05) is 18.9 Å². The van der Waals surface area contributed by atoms with Gasteiger partial charge in [-0.3, -0.25) is 9.78 Å². The lowest BCUT2D eigenvalue weighted by Gasteiger charge is -2.19. The number of carbonyl (C=O) groups is 2. The summed E-state index contributed by atoms with van der Waals surface area (Å²) in [6, 6.07) is 3.19. The molecular weight excluding hydrogens is 192 g/mol. The van der Waals surface area contributed by atoms with Gasteiger partial charge in [0.1, 0.15) is 6.29 Å². The second-order valence-corrected chi connectivity index (χ2v) is 3.59. The number of amides is 1. The minimum absolute atomic E-state index is 0.0994. The summed E-state index contributed by atoms with van der Waals surface area (Å²) in [7, 11) is 0. The Labute approximate surface area is 87.9 Å². The molecule has 1 atom stereocenters. The van der Waals surface area contributed by atoms with Crippen LogP contribution in [0.1, 0.15) is 23.2 Å². The SMILES string of the molecule is O=CC1CCCN1C(=O)c1cccnc1. The smallest absolute Gasteiger partial charge is 0.256 e. The number of carbonyl (C=O) groups excluding carboxylic acids is 2. The van der Waals surface area contributed by atoms with Gasteiger partial charge in [-0.05, 0) is 25.0 Å². The number of aldehydes is 1. The summed E-state index contributed by atoms with van der Waals surface area (Å²) in [5.74, 6) is -0.0994. The monoisotopic (exact) mass is 204 g/mol. The second-order valence-electron chi connectivity index (χ2n) is 3.59. The molecule has 1 saturated heterocycles. The van der Waals surface area contributed by atoms with E-state index < -0.39 is 0 Å². The number of likely N-dealkylation sites (tertiary alicyclic amines) is 1. The van der Waals surface area contributed by atoms with Gasteiger partial charge in [0.25, 0.3) is 5.91 Å². The predicted molar refractivity (Wildman–Crippen MR) is 54.4 cm³/mol. The van der Waals surface area contributed by atoms with E-state index in [0.717, 1.165) is 19.1 Å². The topological polar surface area (TPSA) is 50.3 Å². The molecular formula is C11H12N2O2. The Morgan fingerprint density at radius 3 is 3.13 bits per heavy atom. The van der Waals surface area contributed by atoms with Crippen LogP contribution in [0.15, 0.2) is 24.5 Å². The van der Waals surface area contributed by atoms with Crippen LogP contribution in [0, 0.1) is 0 Å². The third-order valence-corrected chi connectivity index (χ3v) is 2.63. The quantitative estimate of drug-likeness (QED) is 0.672. The van der Waals surface area contributed by atoms with E-state index in [2.05, 4.69) is 4.98 Å². The number of hydrogen-bond acceptors (Lipinski definition) is 3. The Morgan fingerprint density at radius 1 is 1.60 bits per heavy atom. The third kappa shape index (κ3) is 1.88. The first-order chi connectivity index (χ1) is 7.33. The van der Waals surface area contributed by atoms with Crippen molar-refractivity contribution in [3.8, 4) is 0 Å². The molecule has 0 N–H and O–H groups in total. The normalized spacial score (nSPS) is 20.3. The van der Waals surface area contributed by atoms with Gasteiger partial charge >= 0.3 is 0 Å². The van der Waals surface area contributed by atoms with Gasteiger partial charge < -0.3 is 9.69 Å². The molecule has 1 amide bonds. The molecule has 0 aliphatic carbocycles. The third-order valence-electron chi connectivity index (χ3n) is 2.63. The zero-order valence-electron chi connectivity index (χ0n) is 8.30. The zero-order chi connectivity index (χ0) is 10.7. The van der Waals surface area contributed by atoms with E-state index in [4.69, 9.17) is 0 Å². The van der Waals surface area contributed by atoms with Crippen LogP contribution >= 0.6 is 0 Å². The molecule has 4 heteroatoms. The van der Waals surface area contributed by atoms with E-state index >= 15 is 0 Å². The van der Waals surface area contributed by atoms with Gasteiger partial charge in [0.15, 0.2) is 0 Å². The highest BCUT2D eigenvalue weighted by Crippen LogP contribution is 2.17. The molecule has 2 heterocycles. The summed E-state index contributed by atoms with van der Waals surface area (Å²) in [6.45, 7) is 0.664. The highest BCUT2D eigenvalue weighted by atomic mass is 16.2. The van der Waals surface area contributed by atoms with Crippen molar-refractivity contribution in [1.29, 1.82) is 0 Å². The molecule has 0 saturated carbocycles. The van der Waals surface area contributed by atoms with Crippen molar-refractivity contribution in [2.75, 3.05) is 6.54 Å². The molecule has 0 radical (unpaired) electrons. The lowest BCUT2D eigenvalue weighted by molar-refractivity contribution is -0.111. The Hall–Kier alpha value is -1.71. The fraction of sp³-hybridized carbons (Fsp3) is 0.364. The van der Waals surface area contributed by atoms with Crippen molar-refractivity contribution in [3.05, 3.63) is 30.1 Å². The lowest BCUT2D eigenvalue weighted by Crippen LogP contribution is -2.36. The molecule has 15 heavy (non-hydrogen) atoms. The van der Waals surface area contributed by atoms with Gasteiger partial charge in [0.2, 0.25) is 0 Å². The second kappa shape index (κ2) is 4.21. The average molecular weight is 204 g/mol. The van der Waals surface area contributed by atoms with Crippen molar-refractivity contribution >= 4 is 12.2 Å². The molecule has 0 bridgehead atoms. The van der Waals surface area contributed by atoms with E-state index in [0.29, 0.717) is 12.1 Å². The summed E-state index contributed by atoms with van der Waals surface area (Å²) >= 11 is 0. The van der Waals surface area contributed by atoms with E-state index in [9.17, 15) is 9.59 Å². The van der Waals surface area contributed by atoms with Crippen LogP contribution in [0.5, 0.6) is 0 Å². The Bertz CT molecular complexity index is 364. The van der Waals surface area contributed by atoms with Crippen LogP contribution in [0.4, 0.5) is 0 Å². The number of aromatic nitrogens is 1. The molecule has 1 aromatic rings. The number of rotatable bonds is 2. The minimum atomic E-state index is -0.252. The number of nitrogens with zero attached hydrogens (tertiary/aromatic N) is 2. The summed E-state index contributed by atoms with van der Waals surface area (Å²) in [5, 5.41) is 0. The molecule has 1 aliphatic rings. The highest BCUT2D eigenvalue weighted by molar-refractivity contribution is 5.95. The maximum absolute atomic E-state index is 11.9. The lowest BCUT2D eigenvalue weighted by atomic mass is 10.2. The van der Waals surface area contributed by atoms with Crippen LogP contribution in [-0.2, 0) is 4.79 Å². The van der Waals surface area contributed by atoms with Gasteiger partial charge in [-0.1, -0.05) is 0 Å².